The van der Waals surface area contributed by atoms with Gasteiger partial charge in [0, 0.05) is 25.9 Å². The van der Waals surface area contributed by atoms with Gasteiger partial charge >= 0.3 is 0 Å². The molecule has 2 heterocycles. The molecular weight excluding hydrogens is 266 g/mol. The summed E-state index contributed by atoms with van der Waals surface area (Å²) in [5.74, 6) is -0.113. The van der Waals surface area contributed by atoms with Gasteiger partial charge in [0.15, 0.2) is 5.78 Å². The zero-order chi connectivity index (χ0) is 14.2. The molecular formula is C12H16ClN5O. The Kier molecular flexibility index (Phi) is 3.73. The Hall–Kier alpha value is -1.66. The number of aryl methyl sites for hydroxylation is 3. The summed E-state index contributed by atoms with van der Waals surface area (Å²) in [6, 6.07) is -0.694. The molecule has 0 aliphatic rings. The molecule has 0 aliphatic heterocycles. The van der Waals surface area contributed by atoms with Crippen LogP contribution in [0.25, 0.3) is 0 Å². The normalized spacial score (nSPS) is 12.7. The highest BCUT2D eigenvalue weighted by molar-refractivity contribution is 6.32. The molecule has 0 bridgehead atoms. The monoisotopic (exact) mass is 281 g/mol. The van der Waals surface area contributed by atoms with E-state index >= 15 is 0 Å². The lowest BCUT2D eigenvalue weighted by Gasteiger charge is -2.08. The van der Waals surface area contributed by atoms with E-state index in [2.05, 4.69) is 10.2 Å². The first-order valence-electron chi connectivity index (χ1n) is 5.85. The first-order valence-corrected chi connectivity index (χ1v) is 6.22. The van der Waals surface area contributed by atoms with Gasteiger partial charge in [-0.15, -0.1) is 0 Å². The van der Waals surface area contributed by atoms with Gasteiger partial charge in [-0.25, -0.2) is 0 Å². The van der Waals surface area contributed by atoms with Crippen molar-refractivity contribution in [2.24, 2.45) is 19.8 Å². The van der Waals surface area contributed by atoms with Crippen molar-refractivity contribution in [1.82, 2.24) is 19.6 Å². The topological polar surface area (TPSA) is 78.7 Å². The molecule has 0 fully saturated rings. The molecule has 1 atom stereocenters. The van der Waals surface area contributed by atoms with Crippen LogP contribution in [0.5, 0.6) is 0 Å². The fourth-order valence-corrected chi connectivity index (χ4v) is 2.16. The van der Waals surface area contributed by atoms with E-state index in [1.807, 2.05) is 0 Å². The second-order valence-corrected chi connectivity index (χ2v) is 4.92. The summed E-state index contributed by atoms with van der Waals surface area (Å²) >= 11 is 6.12. The van der Waals surface area contributed by atoms with E-state index in [0.29, 0.717) is 22.0 Å². The highest BCUT2D eigenvalue weighted by Gasteiger charge is 2.21. The summed E-state index contributed by atoms with van der Waals surface area (Å²) in [4.78, 5) is 12.2. The van der Waals surface area contributed by atoms with Gasteiger partial charge in [-0.3, -0.25) is 14.2 Å². The standard InChI is InChI=1S/C12H16ClN5O/c1-7-11(13)9(18(3)16-7)4-10(19)12(14)8-5-15-17(2)6-8/h5-6,12H,4,14H2,1-3H3. The highest BCUT2D eigenvalue weighted by atomic mass is 35.5. The van der Waals surface area contributed by atoms with Crippen molar-refractivity contribution in [2.75, 3.05) is 0 Å². The Labute approximate surface area is 116 Å². The van der Waals surface area contributed by atoms with Crippen LogP contribution in [0.15, 0.2) is 12.4 Å². The minimum absolute atomic E-state index is 0.113. The molecule has 7 heteroatoms. The van der Waals surface area contributed by atoms with Gasteiger partial charge in [-0.05, 0) is 6.92 Å². The fourth-order valence-electron chi connectivity index (χ4n) is 1.93. The van der Waals surface area contributed by atoms with E-state index in [0.717, 1.165) is 0 Å². The average Bonchev–Trinajstić information content (AvgIpc) is 2.88. The third kappa shape index (κ3) is 2.69. The largest absolute Gasteiger partial charge is 0.318 e. The van der Waals surface area contributed by atoms with E-state index < -0.39 is 6.04 Å². The predicted octanol–water partition coefficient (Wildman–Crippen LogP) is 0.927. The number of nitrogens with two attached hydrogens (primary N) is 1. The Morgan fingerprint density at radius 1 is 1.53 bits per heavy atom. The molecule has 1 unspecified atom stereocenters. The molecule has 102 valence electrons. The molecule has 0 aliphatic carbocycles. The molecule has 0 saturated carbocycles. The lowest BCUT2D eigenvalue weighted by molar-refractivity contribution is -0.119. The number of nitrogens with zero attached hydrogens (tertiary/aromatic N) is 4. The van der Waals surface area contributed by atoms with E-state index in [9.17, 15) is 4.79 Å². The summed E-state index contributed by atoms with van der Waals surface area (Å²) in [5, 5.41) is 8.70. The molecule has 2 rings (SSSR count). The Morgan fingerprint density at radius 2 is 2.21 bits per heavy atom. The van der Waals surface area contributed by atoms with Crippen molar-refractivity contribution in [3.05, 3.63) is 34.4 Å². The molecule has 6 nitrogen and oxygen atoms in total. The molecule has 0 saturated heterocycles. The third-order valence-corrected chi connectivity index (χ3v) is 3.53. The number of carbonyl (C=O) groups excluding carboxylic acids is 1. The van der Waals surface area contributed by atoms with E-state index in [1.165, 1.54) is 0 Å². The maximum atomic E-state index is 12.2. The van der Waals surface area contributed by atoms with Gasteiger partial charge in [-0.2, -0.15) is 10.2 Å². The first-order chi connectivity index (χ1) is 8.90. The highest BCUT2D eigenvalue weighted by Crippen LogP contribution is 2.22. The van der Waals surface area contributed by atoms with Gasteiger partial charge < -0.3 is 5.73 Å². The quantitative estimate of drug-likeness (QED) is 0.904. The summed E-state index contributed by atoms with van der Waals surface area (Å²) in [5.41, 5.74) is 8.02. The number of hydrogen-bond donors (Lipinski definition) is 1. The van der Waals surface area contributed by atoms with Crippen LogP contribution < -0.4 is 5.73 Å². The maximum absolute atomic E-state index is 12.2. The third-order valence-electron chi connectivity index (χ3n) is 3.03. The summed E-state index contributed by atoms with van der Waals surface area (Å²) in [6.07, 6.45) is 3.49. The first kappa shape index (κ1) is 13.8. The Morgan fingerprint density at radius 3 is 2.68 bits per heavy atom. The zero-order valence-electron chi connectivity index (χ0n) is 11.1. The minimum atomic E-state index is -0.694. The second-order valence-electron chi connectivity index (χ2n) is 4.54. The van der Waals surface area contributed by atoms with Crippen LogP contribution in [0.1, 0.15) is 23.0 Å². The Bertz CT molecular complexity index is 616. The van der Waals surface area contributed by atoms with Crippen LogP contribution in [0.2, 0.25) is 5.02 Å². The van der Waals surface area contributed by atoms with Gasteiger partial charge in [-0.1, -0.05) is 11.6 Å². The number of ketones is 1. The van der Waals surface area contributed by atoms with Crippen molar-refractivity contribution in [3.63, 3.8) is 0 Å². The number of Topliss-reactive ketones (excluding diaryl/α,β-unsaturated/α-hetero) is 1. The second kappa shape index (κ2) is 5.14. The van der Waals surface area contributed by atoms with Gasteiger partial charge in [0.1, 0.15) is 0 Å². The average molecular weight is 282 g/mol. The SMILES string of the molecule is Cc1nn(C)c(CC(=O)C(N)c2cnn(C)c2)c1Cl. The maximum Gasteiger partial charge on any atom is 0.160 e. The van der Waals surface area contributed by atoms with E-state index in [4.69, 9.17) is 17.3 Å². The number of hydrogen-bond acceptors (Lipinski definition) is 4. The molecule has 2 N–H and O–H groups in total. The lowest BCUT2D eigenvalue weighted by atomic mass is 10.0. The van der Waals surface area contributed by atoms with Crippen molar-refractivity contribution in [3.8, 4) is 0 Å². The molecule has 0 aromatic carbocycles. The van der Waals surface area contributed by atoms with Crippen LogP contribution >= 0.6 is 11.6 Å². The van der Waals surface area contributed by atoms with Crippen molar-refractivity contribution >= 4 is 17.4 Å². The molecule has 19 heavy (non-hydrogen) atoms. The molecule has 0 radical (unpaired) electrons. The lowest BCUT2D eigenvalue weighted by Crippen LogP contribution is -2.23. The van der Waals surface area contributed by atoms with Crippen LogP contribution in [0.4, 0.5) is 0 Å². The summed E-state index contributed by atoms with van der Waals surface area (Å²) < 4.78 is 3.23. The van der Waals surface area contributed by atoms with E-state index in [1.54, 1.807) is 42.8 Å². The number of rotatable bonds is 4. The van der Waals surface area contributed by atoms with Crippen LogP contribution in [0.3, 0.4) is 0 Å². The minimum Gasteiger partial charge on any atom is -0.318 e. The summed E-state index contributed by atoms with van der Waals surface area (Å²) in [6.45, 7) is 1.80. The van der Waals surface area contributed by atoms with Crippen LogP contribution in [-0.2, 0) is 25.3 Å². The number of carbonyl (C=O) groups is 1. The fraction of sp³-hybridized carbons (Fsp3) is 0.417. The van der Waals surface area contributed by atoms with Crippen molar-refractivity contribution in [1.29, 1.82) is 0 Å². The molecule has 2 aromatic rings. The van der Waals surface area contributed by atoms with Crippen LogP contribution in [0, 0.1) is 6.92 Å². The van der Waals surface area contributed by atoms with Crippen molar-refractivity contribution < 1.29 is 4.79 Å². The van der Waals surface area contributed by atoms with Gasteiger partial charge in [0.25, 0.3) is 0 Å². The van der Waals surface area contributed by atoms with E-state index in [-0.39, 0.29) is 12.2 Å². The number of aromatic nitrogens is 4. The molecule has 2 aromatic heterocycles. The Balaban J connectivity index is 2.17. The zero-order valence-corrected chi connectivity index (χ0v) is 11.8. The van der Waals surface area contributed by atoms with Gasteiger partial charge in [0.05, 0.1) is 35.1 Å². The smallest absolute Gasteiger partial charge is 0.160 e. The predicted molar refractivity (Wildman–Crippen MR) is 71.8 cm³/mol. The molecule has 0 spiro atoms. The summed E-state index contributed by atoms with van der Waals surface area (Å²) in [7, 11) is 3.54. The van der Waals surface area contributed by atoms with Gasteiger partial charge in [0.2, 0.25) is 0 Å². The van der Waals surface area contributed by atoms with Crippen molar-refractivity contribution in [2.45, 2.75) is 19.4 Å². The molecule has 0 amide bonds. The number of halogens is 1. The van der Waals surface area contributed by atoms with Crippen LogP contribution in [-0.4, -0.2) is 25.3 Å².